The van der Waals surface area contributed by atoms with Gasteiger partial charge < -0.3 is 16.4 Å². The summed E-state index contributed by atoms with van der Waals surface area (Å²) < 4.78 is 0. The van der Waals surface area contributed by atoms with E-state index in [0.29, 0.717) is 23.3 Å². The molecule has 0 spiro atoms. The standard InChI is InChI=1S/C16H18N4O2S/c17-12(21)9-20(8-10-6-7-10)15(22)13-14(23-16(18)19-13)11-4-2-1-3-5-11/h1-5,10H,6-9H2,(H2,17,21)(H2,18,19). The van der Waals surface area contributed by atoms with Crippen molar-refractivity contribution in [3.05, 3.63) is 36.0 Å². The number of aromatic nitrogens is 1. The van der Waals surface area contributed by atoms with Gasteiger partial charge in [-0.1, -0.05) is 41.7 Å². The minimum Gasteiger partial charge on any atom is -0.375 e. The van der Waals surface area contributed by atoms with Gasteiger partial charge in [0.1, 0.15) is 5.69 Å². The van der Waals surface area contributed by atoms with E-state index in [1.807, 2.05) is 30.3 Å². The van der Waals surface area contributed by atoms with Crippen LogP contribution in [0.15, 0.2) is 30.3 Å². The highest BCUT2D eigenvalue weighted by Crippen LogP contribution is 2.34. The monoisotopic (exact) mass is 330 g/mol. The summed E-state index contributed by atoms with van der Waals surface area (Å²) in [6.07, 6.45) is 2.15. The van der Waals surface area contributed by atoms with E-state index < -0.39 is 5.91 Å². The molecule has 1 aromatic heterocycles. The van der Waals surface area contributed by atoms with E-state index in [4.69, 9.17) is 11.5 Å². The van der Waals surface area contributed by atoms with E-state index in [2.05, 4.69) is 4.98 Å². The summed E-state index contributed by atoms with van der Waals surface area (Å²) in [6.45, 7) is 0.439. The second-order valence-corrected chi connectivity index (χ2v) is 6.72. The first kappa shape index (κ1) is 15.5. The molecule has 7 heteroatoms. The van der Waals surface area contributed by atoms with Crippen molar-refractivity contribution in [2.45, 2.75) is 12.8 Å². The Morgan fingerprint density at radius 2 is 1.96 bits per heavy atom. The van der Waals surface area contributed by atoms with Crippen LogP contribution in [0.3, 0.4) is 0 Å². The molecule has 0 unspecified atom stereocenters. The van der Waals surface area contributed by atoms with Crippen LogP contribution in [0.25, 0.3) is 10.4 Å². The molecule has 1 heterocycles. The molecule has 23 heavy (non-hydrogen) atoms. The molecule has 0 bridgehead atoms. The van der Waals surface area contributed by atoms with Gasteiger partial charge in [-0.15, -0.1) is 0 Å². The number of primary amides is 1. The van der Waals surface area contributed by atoms with E-state index in [9.17, 15) is 9.59 Å². The molecule has 1 fully saturated rings. The van der Waals surface area contributed by atoms with E-state index in [1.54, 1.807) is 0 Å². The van der Waals surface area contributed by atoms with Crippen LogP contribution < -0.4 is 11.5 Å². The van der Waals surface area contributed by atoms with Crippen LogP contribution in [0.4, 0.5) is 5.13 Å². The molecule has 6 nitrogen and oxygen atoms in total. The minimum absolute atomic E-state index is 0.0962. The first-order valence-electron chi connectivity index (χ1n) is 7.44. The van der Waals surface area contributed by atoms with Crippen molar-refractivity contribution in [1.29, 1.82) is 0 Å². The summed E-state index contributed by atoms with van der Waals surface area (Å²) >= 11 is 1.27. The van der Waals surface area contributed by atoms with Gasteiger partial charge in [-0.25, -0.2) is 4.98 Å². The Bertz CT molecular complexity index is 725. The maximum atomic E-state index is 12.9. The van der Waals surface area contributed by atoms with Crippen molar-refractivity contribution >= 4 is 28.3 Å². The fraction of sp³-hybridized carbons (Fsp3) is 0.312. The van der Waals surface area contributed by atoms with Gasteiger partial charge in [0.15, 0.2) is 5.13 Å². The highest BCUT2D eigenvalue weighted by Gasteiger charge is 2.30. The van der Waals surface area contributed by atoms with Crippen LogP contribution in [-0.4, -0.2) is 34.8 Å². The van der Waals surface area contributed by atoms with Crippen molar-refractivity contribution in [3.63, 3.8) is 0 Å². The summed E-state index contributed by atoms with van der Waals surface area (Å²) in [5, 5.41) is 0.331. The van der Waals surface area contributed by atoms with Crippen molar-refractivity contribution in [2.75, 3.05) is 18.8 Å². The Morgan fingerprint density at radius 1 is 1.26 bits per heavy atom. The van der Waals surface area contributed by atoms with Gasteiger partial charge in [0.2, 0.25) is 5.91 Å². The van der Waals surface area contributed by atoms with Gasteiger partial charge in [-0.05, 0) is 24.3 Å². The normalized spacial score (nSPS) is 13.7. The van der Waals surface area contributed by atoms with Gasteiger partial charge in [0.05, 0.1) is 11.4 Å². The molecule has 2 amide bonds. The first-order valence-corrected chi connectivity index (χ1v) is 8.25. The topological polar surface area (TPSA) is 102 Å². The third-order valence-electron chi connectivity index (χ3n) is 3.69. The number of carbonyl (C=O) groups excluding carboxylic acids is 2. The highest BCUT2D eigenvalue weighted by molar-refractivity contribution is 7.19. The number of hydrogen-bond donors (Lipinski definition) is 2. The smallest absolute Gasteiger partial charge is 0.274 e. The Labute approximate surface area is 138 Å². The van der Waals surface area contributed by atoms with Crippen molar-refractivity contribution < 1.29 is 9.59 Å². The number of nitrogens with two attached hydrogens (primary N) is 2. The number of amides is 2. The van der Waals surface area contributed by atoms with Gasteiger partial charge in [-0.3, -0.25) is 9.59 Å². The van der Waals surface area contributed by atoms with Crippen LogP contribution in [0.5, 0.6) is 0 Å². The van der Waals surface area contributed by atoms with Crippen LogP contribution in [0.1, 0.15) is 23.3 Å². The zero-order valence-corrected chi connectivity index (χ0v) is 13.4. The molecule has 1 saturated carbocycles. The quantitative estimate of drug-likeness (QED) is 0.842. The van der Waals surface area contributed by atoms with Gasteiger partial charge in [0, 0.05) is 6.54 Å². The average molecular weight is 330 g/mol. The summed E-state index contributed by atoms with van der Waals surface area (Å²) in [6, 6.07) is 9.50. The van der Waals surface area contributed by atoms with Crippen molar-refractivity contribution in [2.24, 2.45) is 11.7 Å². The number of carbonyl (C=O) groups is 2. The SMILES string of the molecule is NC(=O)CN(CC1CC1)C(=O)c1nc(N)sc1-c1ccccc1. The number of nitrogens with zero attached hydrogens (tertiary/aromatic N) is 2. The molecule has 1 aliphatic rings. The molecule has 0 aliphatic heterocycles. The summed E-state index contributed by atoms with van der Waals surface area (Å²) in [4.78, 5) is 30.6. The predicted molar refractivity (Wildman–Crippen MR) is 89.8 cm³/mol. The lowest BCUT2D eigenvalue weighted by molar-refractivity contribution is -0.118. The number of nitrogen functional groups attached to an aromatic ring is 1. The molecule has 120 valence electrons. The fourth-order valence-electron chi connectivity index (χ4n) is 2.44. The fourth-order valence-corrected chi connectivity index (χ4v) is 3.27. The molecular weight excluding hydrogens is 312 g/mol. The zero-order valence-electron chi connectivity index (χ0n) is 12.6. The Hall–Kier alpha value is -2.41. The van der Waals surface area contributed by atoms with Gasteiger partial charge in [-0.2, -0.15) is 0 Å². The Morgan fingerprint density at radius 3 is 2.57 bits per heavy atom. The Balaban J connectivity index is 1.92. The summed E-state index contributed by atoms with van der Waals surface area (Å²) in [5.41, 5.74) is 12.3. The van der Waals surface area contributed by atoms with Crippen LogP contribution in [0, 0.1) is 5.92 Å². The maximum Gasteiger partial charge on any atom is 0.274 e. The van der Waals surface area contributed by atoms with Crippen LogP contribution in [0.2, 0.25) is 0 Å². The lowest BCUT2D eigenvalue weighted by Crippen LogP contribution is -2.40. The second kappa shape index (κ2) is 6.37. The average Bonchev–Trinajstić information content (AvgIpc) is 3.26. The molecule has 0 atom stereocenters. The third kappa shape index (κ3) is 3.68. The number of hydrogen-bond acceptors (Lipinski definition) is 5. The van der Waals surface area contributed by atoms with E-state index in [-0.39, 0.29) is 12.5 Å². The molecule has 0 saturated heterocycles. The number of anilines is 1. The highest BCUT2D eigenvalue weighted by atomic mass is 32.1. The lowest BCUT2D eigenvalue weighted by atomic mass is 10.1. The Kier molecular flexibility index (Phi) is 4.29. The second-order valence-electron chi connectivity index (χ2n) is 5.69. The molecule has 4 N–H and O–H groups in total. The van der Waals surface area contributed by atoms with Crippen molar-refractivity contribution in [1.82, 2.24) is 9.88 Å². The third-order valence-corrected chi connectivity index (χ3v) is 4.63. The number of benzene rings is 1. The molecule has 0 radical (unpaired) electrons. The molecule has 1 aliphatic carbocycles. The van der Waals surface area contributed by atoms with Crippen molar-refractivity contribution in [3.8, 4) is 10.4 Å². The lowest BCUT2D eigenvalue weighted by Gasteiger charge is -2.20. The largest absolute Gasteiger partial charge is 0.375 e. The van der Waals surface area contributed by atoms with E-state index in [1.165, 1.54) is 16.2 Å². The predicted octanol–water partition coefficient (Wildman–Crippen LogP) is 1.73. The van der Waals surface area contributed by atoms with Gasteiger partial charge in [0.25, 0.3) is 5.91 Å². The first-order chi connectivity index (χ1) is 11.0. The van der Waals surface area contributed by atoms with Crippen LogP contribution >= 0.6 is 11.3 Å². The van der Waals surface area contributed by atoms with E-state index in [0.717, 1.165) is 23.3 Å². The molecular formula is C16H18N4O2S. The maximum absolute atomic E-state index is 12.9. The summed E-state index contributed by atoms with van der Waals surface area (Å²) in [5.74, 6) is -0.361. The molecule has 3 rings (SSSR count). The minimum atomic E-state index is -0.525. The van der Waals surface area contributed by atoms with Crippen LogP contribution in [-0.2, 0) is 4.79 Å². The zero-order chi connectivity index (χ0) is 16.4. The van der Waals surface area contributed by atoms with E-state index >= 15 is 0 Å². The summed E-state index contributed by atoms with van der Waals surface area (Å²) in [7, 11) is 0. The molecule has 1 aromatic carbocycles. The molecule has 2 aromatic rings. The number of rotatable bonds is 6. The van der Waals surface area contributed by atoms with Gasteiger partial charge >= 0.3 is 0 Å². The number of thiazole rings is 1.